The van der Waals surface area contributed by atoms with Crippen molar-refractivity contribution in [1.82, 2.24) is 0 Å². The maximum absolute atomic E-state index is 9.83. The quantitative estimate of drug-likeness (QED) is 0.203. The number of aliphatic hydroxyl groups is 9. The van der Waals surface area contributed by atoms with Gasteiger partial charge in [-0.25, -0.2) is 0 Å². The Kier molecular flexibility index (Phi) is 8.20. The highest BCUT2D eigenvalue weighted by molar-refractivity contribution is 4.91. The average molecular weight is 344 g/mol. The zero-order chi connectivity index (χ0) is 17.7. The monoisotopic (exact) mass is 344 g/mol. The van der Waals surface area contributed by atoms with Crippen LogP contribution < -0.4 is 0 Å². The van der Waals surface area contributed by atoms with Gasteiger partial charge in [-0.15, -0.1) is 0 Å². The van der Waals surface area contributed by atoms with Crippen LogP contribution in [0.1, 0.15) is 0 Å². The molecule has 0 radical (unpaired) electrons. The molecule has 11 nitrogen and oxygen atoms in total. The van der Waals surface area contributed by atoms with E-state index in [9.17, 15) is 30.6 Å². The lowest BCUT2D eigenvalue weighted by molar-refractivity contribution is -0.327. The number of aliphatic hydroxyl groups excluding tert-OH is 9. The van der Waals surface area contributed by atoms with Crippen LogP contribution in [0.2, 0.25) is 0 Å². The largest absolute Gasteiger partial charge is 0.394 e. The topological polar surface area (TPSA) is 201 Å². The summed E-state index contributed by atoms with van der Waals surface area (Å²) in [5.74, 6) is 0. The van der Waals surface area contributed by atoms with Crippen LogP contribution in [0, 0.1) is 0 Å². The van der Waals surface area contributed by atoms with Gasteiger partial charge in [0.05, 0.1) is 19.8 Å². The van der Waals surface area contributed by atoms with Gasteiger partial charge < -0.3 is 55.4 Å². The van der Waals surface area contributed by atoms with Crippen molar-refractivity contribution in [3.63, 3.8) is 0 Å². The fraction of sp³-hybridized carbons (Fsp3) is 1.00. The minimum absolute atomic E-state index is 0.708. The molecule has 9 N–H and O–H groups in total. The third kappa shape index (κ3) is 4.78. The summed E-state index contributed by atoms with van der Waals surface area (Å²) < 4.78 is 10.1. The lowest BCUT2D eigenvalue weighted by Crippen LogP contribution is -2.61. The van der Waals surface area contributed by atoms with E-state index >= 15 is 0 Å². The van der Waals surface area contributed by atoms with E-state index in [-0.39, 0.29) is 0 Å². The molecule has 1 aliphatic heterocycles. The molecule has 1 saturated heterocycles. The molecule has 0 aliphatic carbocycles. The highest BCUT2D eigenvalue weighted by Gasteiger charge is 2.46. The van der Waals surface area contributed by atoms with Gasteiger partial charge >= 0.3 is 0 Å². The van der Waals surface area contributed by atoms with Crippen LogP contribution in [-0.2, 0) is 9.47 Å². The van der Waals surface area contributed by atoms with E-state index in [4.69, 9.17) is 24.8 Å². The van der Waals surface area contributed by atoms with Crippen LogP contribution in [0.3, 0.4) is 0 Å². The molecule has 23 heavy (non-hydrogen) atoms. The normalized spacial score (nSPS) is 37.2. The first-order valence-corrected chi connectivity index (χ1v) is 7.00. The first-order valence-electron chi connectivity index (χ1n) is 7.00. The molecule has 0 aromatic carbocycles. The summed E-state index contributed by atoms with van der Waals surface area (Å²) in [5.41, 5.74) is 0. The predicted molar refractivity (Wildman–Crippen MR) is 70.8 cm³/mol. The Morgan fingerprint density at radius 2 is 1.39 bits per heavy atom. The van der Waals surface area contributed by atoms with Crippen LogP contribution in [0.5, 0.6) is 0 Å². The molecule has 0 saturated carbocycles. The standard InChI is InChI=1S/C12H24O11/c13-1-4(16)7(18)11(5(17)2-14)23-12-10(21)9(20)8(19)6(3-15)22-12/h4-21H,1-3H2/t4?,5?,6-,7?,8+,9+,10-,11?,12+/m1/s1. The molecule has 1 heterocycles. The highest BCUT2D eigenvalue weighted by atomic mass is 16.7. The number of ether oxygens (including phenoxy) is 2. The molecular weight excluding hydrogens is 320 g/mol. The lowest BCUT2D eigenvalue weighted by atomic mass is 9.98. The number of hydrogen-bond donors (Lipinski definition) is 9. The smallest absolute Gasteiger partial charge is 0.187 e. The van der Waals surface area contributed by atoms with Crippen LogP contribution in [0.4, 0.5) is 0 Å². The van der Waals surface area contributed by atoms with E-state index < -0.39 is 74.9 Å². The average Bonchev–Trinajstić information content (AvgIpc) is 2.57. The van der Waals surface area contributed by atoms with E-state index in [1.54, 1.807) is 0 Å². The summed E-state index contributed by atoms with van der Waals surface area (Å²) in [6.45, 7) is -2.45. The molecule has 0 spiro atoms. The number of rotatable bonds is 8. The Balaban J connectivity index is 2.89. The predicted octanol–water partition coefficient (Wildman–Crippen LogP) is -5.76. The van der Waals surface area contributed by atoms with E-state index in [1.807, 2.05) is 0 Å². The second kappa shape index (κ2) is 9.15. The summed E-state index contributed by atoms with van der Waals surface area (Å²) >= 11 is 0. The summed E-state index contributed by atoms with van der Waals surface area (Å²) in [6.07, 6.45) is -15.1. The maximum Gasteiger partial charge on any atom is 0.187 e. The Morgan fingerprint density at radius 1 is 0.826 bits per heavy atom. The van der Waals surface area contributed by atoms with E-state index in [0.717, 1.165) is 0 Å². The first-order chi connectivity index (χ1) is 10.8. The molecule has 9 atom stereocenters. The Labute approximate surface area is 131 Å². The van der Waals surface area contributed by atoms with Crippen molar-refractivity contribution in [2.75, 3.05) is 19.8 Å². The molecule has 0 amide bonds. The minimum Gasteiger partial charge on any atom is -0.394 e. The van der Waals surface area contributed by atoms with E-state index in [1.165, 1.54) is 0 Å². The van der Waals surface area contributed by atoms with Crippen LogP contribution >= 0.6 is 0 Å². The molecule has 0 aromatic heterocycles. The fourth-order valence-electron chi connectivity index (χ4n) is 2.16. The molecule has 1 aliphatic rings. The third-order valence-electron chi connectivity index (χ3n) is 3.62. The SMILES string of the molecule is OCC(O)C(O)C(O[C@@H]1O[C@H](CO)[C@H](O)[C@H](O)[C@H]1O)C(O)CO. The van der Waals surface area contributed by atoms with Gasteiger partial charge in [0.15, 0.2) is 6.29 Å². The van der Waals surface area contributed by atoms with Crippen molar-refractivity contribution in [3.8, 4) is 0 Å². The summed E-state index contributed by atoms with van der Waals surface area (Å²) in [4.78, 5) is 0. The van der Waals surface area contributed by atoms with Gasteiger partial charge in [-0.3, -0.25) is 0 Å². The van der Waals surface area contributed by atoms with Crippen molar-refractivity contribution in [1.29, 1.82) is 0 Å². The Hall–Kier alpha value is -0.440. The van der Waals surface area contributed by atoms with Crippen molar-refractivity contribution >= 4 is 0 Å². The van der Waals surface area contributed by atoms with Gasteiger partial charge in [-0.1, -0.05) is 0 Å². The third-order valence-corrected chi connectivity index (χ3v) is 3.62. The van der Waals surface area contributed by atoms with Crippen molar-refractivity contribution in [3.05, 3.63) is 0 Å². The molecule has 4 unspecified atom stereocenters. The van der Waals surface area contributed by atoms with E-state index in [2.05, 4.69) is 0 Å². The molecule has 138 valence electrons. The fourth-order valence-corrected chi connectivity index (χ4v) is 2.16. The summed E-state index contributed by atoms with van der Waals surface area (Å²) in [6, 6.07) is 0. The van der Waals surface area contributed by atoms with Gasteiger partial charge in [-0.2, -0.15) is 0 Å². The van der Waals surface area contributed by atoms with Crippen molar-refractivity contribution < 1.29 is 55.4 Å². The zero-order valence-electron chi connectivity index (χ0n) is 12.2. The van der Waals surface area contributed by atoms with Crippen molar-refractivity contribution in [2.45, 2.75) is 55.1 Å². The Bertz CT molecular complexity index is 341. The van der Waals surface area contributed by atoms with Gasteiger partial charge in [0, 0.05) is 0 Å². The zero-order valence-corrected chi connectivity index (χ0v) is 12.2. The highest BCUT2D eigenvalue weighted by Crippen LogP contribution is 2.24. The number of hydrogen-bond acceptors (Lipinski definition) is 11. The first kappa shape index (κ1) is 20.6. The summed E-state index contributed by atoms with van der Waals surface area (Å²) in [5, 5.41) is 84.9. The van der Waals surface area contributed by atoms with Crippen molar-refractivity contribution in [2.24, 2.45) is 0 Å². The Morgan fingerprint density at radius 3 is 1.87 bits per heavy atom. The lowest BCUT2D eigenvalue weighted by Gasteiger charge is -2.42. The van der Waals surface area contributed by atoms with Crippen LogP contribution in [-0.4, -0.2) is 121 Å². The molecular formula is C12H24O11. The van der Waals surface area contributed by atoms with Crippen LogP contribution in [0.15, 0.2) is 0 Å². The van der Waals surface area contributed by atoms with Crippen LogP contribution in [0.25, 0.3) is 0 Å². The van der Waals surface area contributed by atoms with E-state index in [0.29, 0.717) is 0 Å². The molecule has 0 aromatic rings. The van der Waals surface area contributed by atoms with Gasteiger partial charge in [0.2, 0.25) is 0 Å². The molecule has 0 bridgehead atoms. The molecule has 1 rings (SSSR count). The second-order valence-electron chi connectivity index (χ2n) is 5.29. The van der Waals surface area contributed by atoms with Gasteiger partial charge in [-0.05, 0) is 0 Å². The minimum atomic E-state index is -1.85. The van der Waals surface area contributed by atoms with Gasteiger partial charge in [0.1, 0.15) is 48.8 Å². The maximum atomic E-state index is 9.83. The molecule has 11 heteroatoms. The van der Waals surface area contributed by atoms with Gasteiger partial charge in [0.25, 0.3) is 0 Å². The summed E-state index contributed by atoms with van der Waals surface area (Å²) in [7, 11) is 0. The second-order valence-corrected chi connectivity index (χ2v) is 5.29. The molecule has 1 fully saturated rings.